The molecule has 118 valence electrons. The molecule has 2 N–H and O–H groups in total. The van der Waals surface area contributed by atoms with Crippen molar-refractivity contribution < 1.29 is 17.5 Å². The molecule has 0 spiro atoms. The van der Waals surface area contributed by atoms with E-state index >= 15 is 0 Å². The summed E-state index contributed by atoms with van der Waals surface area (Å²) in [5.74, 6) is -0.610. The number of benzene rings is 1. The zero-order valence-electron chi connectivity index (χ0n) is 12.4. The van der Waals surface area contributed by atoms with Crippen molar-refractivity contribution in [2.24, 2.45) is 11.1 Å². The Kier molecular flexibility index (Phi) is 4.70. The molecule has 21 heavy (non-hydrogen) atoms. The van der Waals surface area contributed by atoms with Crippen LogP contribution in [0.1, 0.15) is 25.3 Å². The minimum atomic E-state index is -3.27. The van der Waals surface area contributed by atoms with Crippen LogP contribution in [-0.2, 0) is 14.6 Å². The lowest BCUT2D eigenvalue weighted by Gasteiger charge is -2.15. The van der Waals surface area contributed by atoms with Gasteiger partial charge in [0.15, 0.2) is 9.84 Å². The molecule has 2 rings (SSSR count). The van der Waals surface area contributed by atoms with E-state index < -0.39 is 20.5 Å². The standard InChI is InChI=1S/C15H22FNO3S/c1-3-20-10-15(9-17)13(14(15)21(18,19)4-2)11-6-5-7-12(16)8-11/h5-8,13-14H,3-4,9-10,17H2,1-2H3. The molecule has 0 heterocycles. The molecule has 1 aliphatic carbocycles. The van der Waals surface area contributed by atoms with Crippen molar-refractivity contribution in [2.75, 3.05) is 25.5 Å². The Balaban J connectivity index is 2.41. The summed E-state index contributed by atoms with van der Waals surface area (Å²) in [4.78, 5) is 0. The molecule has 0 bridgehead atoms. The fraction of sp³-hybridized carbons (Fsp3) is 0.600. The van der Waals surface area contributed by atoms with E-state index in [2.05, 4.69) is 0 Å². The summed E-state index contributed by atoms with van der Waals surface area (Å²) in [6, 6.07) is 6.10. The first-order valence-corrected chi connectivity index (χ1v) is 8.89. The number of sulfone groups is 1. The van der Waals surface area contributed by atoms with Gasteiger partial charge >= 0.3 is 0 Å². The van der Waals surface area contributed by atoms with Gasteiger partial charge in [0.2, 0.25) is 0 Å². The Bertz CT molecular complexity index is 605. The van der Waals surface area contributed by atoms with Crippen LogP contribution < -0.4 is 5.73 Å². The summed E-state index contributed by atoms with van der Waals surface area (Å²) in [6.45, 7) is 4.46. The molecule has 0 radical (unpaired) electrons. The number of halogens is 1. The van der Waals surface area contributed by atoms with E-state index in [1.165, 1.54) is 12.1 Å². The smallest absolute Gasteiger partial charge is 0.154 e. The van der Waals surface area contributed by atoms with Crippen molar-refractivity contribution in [1.29, 1.82) is 0 Å². The lowest BCUT2D eigenvalue weighted by atomic mass is 10.00. The largest absolute Gasteiger partial charge is 0.381 e. The SMILES string of the molecule is CCOCC1(CN)C(c2cccc(F)c2)C1S(=O)(=O)CC. The third-order valence-electron chi connectivity index (χ3n) is 4.33. The van der Waals surface area contributed by atoms with Gasteiger partial charge in [0.05, 0.1) is 11.9 Å². The van der Waals surface area contributed by atoms with Gasteiger partial charge in [-0.05, 0) is 24.6 Å². The summed E-state index contributed by atoms with van der Waals surface area (Å²) < 4.78 is 43.6. The van der Waals surface area contributed by atoms with Crippen molar-refractivity contribution >= 4 is 9.84 Å². The van der Waals surface area contributed by atoms with Crippen molar-refractivity contribution in [2.45, 2.75) is 25.0 Å². The third kappa shape index (κ3) is 2.84. The lowest BCUT2D eigenvalue weighted by Crippen LogP contribution is -2.29. The van der Waals surface area contributed by atoms with E-state index in [1.807, 2.05) is 6.92 Å². The summed E-state index contributed by atoms with van der Waals surface area (Å²) in [5, 5.41) is -0.589. The Hall–Kier alpha value is -0.980. The van der Waals surface area contributed by atoms with Crippen molar-refractivity contribution in [1.82, 2.24) is 0 Å². The van der Waals surface area contributed by atoms with E-state index in [0.717, 1.165) is 0 Å². The zero-order chi connectivity index (χ0) is 15.7. The number of nitrogens with two attached hydrogens (primary N) is 1. The zero-order valence-corrected chi connectivity index (χ0v) is 13.2. The van der Waals surface area contributed by atoms with Crippen LogP contribution in [0.15, 0.2) is 24.3 Å². The molecule has 3 unspecified atom stereocenters. The molecule has 1 aromatic carbocycles. The summed E-state index contributed by atoms with van der Waals surface area (Å²) in [7, 11) is -3.27. The highest BCUT2D eigenvalue weighted by molar-refractivity contribution is 7.92. The fourth-order valence-electron chi connectivity index (χ4n) is 3.17. The van der Waals surface area contributed by atoms with E-state index in [1.54, 1.807) is 19.1 Å². The van der Waals surface area contributed by atoms with Gasteiger partial charge in [-0.3, -0.25) is 0 Å². The summed E-state index contributed by atoms with van der Waals surface area (Å²) in [5.41, 5.74) is 5.92. The van der Waals surface area contributed by atoms with Crippen LogP contribution >= 0.6 is 0 Å². The van der Waals surface area contributed by atoms with Crippen LogP contribution in [0.25, 0.3) is 0 Å². The van der Waals surface area contributed by atoms with Gasteiger partial charge in [0, 0.05) is 30.2 Å². The van der Waals surface area contributed by atoms with Crippen LogP contribution in [0, 0.1) is 11.2 Å². The number of rotatable bonds is 7. The molecule has 1 fully saturated rings. The first kappa shape index (κ1) is 16.4. The molecule has 1 aromatic rings. The van der Waals surface area contributed by atoms with Crippen LogP contribution in [0.4, 0.5) is 4.39 Å². The van der Waals surface area contributed by atoms with Gasteiger partial charge in [-0.25, -0.2) is 12.8 Å². The molecule has 4 nitrogen and oxygen atoms in total. The second-order valence-corrected chi connectivity index (χ2v) is 7.89. The number of ether oxygens (including phenoxy) is 1. The number of hydrogen-bond acceptors (Lipinski definition) is 4. The van der Waals surface area contributed by atoms with E-state index in [4.69, 9.17) is 10.5 Å². The van der Waals surface area contributed by atoms with Crippen molar-refractivity contribution in [3.8, 4) is 0 Å². The van der Waals surface area contributed by atoms with E-state index in [0.29, 0.717) is 12.2 Å². The Morgan fingerprint density at radius 1 is 1.38 bits per heavy atom. The average molecular weight is 315 g/mol. The van der Waals surface area contributed by atoms with Gasteiger partial charge in [-0.1, -0.05) is 19.1 Å². The molecule has 0 aromatic heterocycles. The molecule has 1 aliphatic rings. The van der Waals surface area contributed by atoms with Gasteiger partial charge < -0.3 is 10.5 Å². The van der Waals surface area contributed by atoms with Gasteiger partial charge in [-0.15, -0.1) is 0 Å². The first-order chi connectivity index (χ1) is 9.93. The Labute approximate surface area is 125 Å². The predicted molar refractivity (Wildman–Crippen MR) is 80.4 cm³/mol. The van der Waals surface area contributed by atoms with Gasteiger partial charge in [0.1, 0.15) is 5.82 Å². The summed E-state index contributed by atoms with van der Waals surface area (Å²) in [6.07, 6.45) is 0. The topological polar surface area (TPSA) is 69.4 Å². The molecule has 3 atom stereocenters. The van der Waals surface area contributed by atoms with Crippen molar-refractivity contribution in [3.05, 3.63) is 35.6 Å². The molecule has 6 heteroatoms. The van der Waals surface area contributed by atoms with Crippen LogP contribution in [0.2, 0.25) is 0 Å². The minimum absolute atomic E-state index is 0.0529. The normalized spacial score (nSPS) is 28.6. The van der Waals surface area contributed by atoms with E-state index in [-0.39, 0.29) is 30.6 Å². The highest BCUT2D eigenvalue weighted by Gasteiger charge is 2.69. The molecular weight excluding hydrogens is 293 g/mol. The number of hydrogen-bond donors (Lipinski definition) is 1. The lowest BCUT2D eigenvalue weighted by molar-refractivity contribution is 0.101. The highest BCUT2D eigenvalue weighted by atomic mass is 32.2. The van der Waals surface area contributed by atoms with E-state index in [9.17, 15) is 12.8 Å². The van der Waals surface area contributed by atoms with Crippen LogP contribution in [0.3, 0.4) is 0 Å². The van der Waals surface area contributed by atoms with Crippen LogP contribution in [-0.4, -0.2) is 39.2 Å². The molecule has 0 aliphatic heterocycles. The second kappa shape index (κ2) is 6.02. The maximum Gasteiger partial charge on any atom is 0.154 e. The molecular formula is C15H22FNO3S. The maximum absolute atomic E-state index is 13.5. The van der Waals surface area contributed by atoms with Gasteiger partial charge in [0.25, 0.3) is 0 Å². The van der Waals surface area contributed by atoms with Crippen LogP contribution in [0.5, 0.6) is 0 Å². The van der Waals surface area contributed by atoms with Crippen molar-refractivity contribution in [3.63, 3.8) is 0 Å². The first-order valence-electron chi connectivity index (χ1n) is 7.17. The molecule has 0 amide bonds. The maximum atomic E-state index is 13.5. The monoisotopic (exact) mass is 315 g/mol. The molecule has 0 saturated heterocycles. The predicted octanol–water partition coefficient (Wildman–Crippen LogP) is 1.71. The summed E-state index contributed by atoms with van der Waals surface area (Å²) >= 11 is 0. The quantitative estimate of drug-likeness (QED) is 0.831. The Morgan fingerprint density at radius 2 is 2.10 bits per heavy atom. The van der Waals surface area contributed by atoms with Gasteiger partial charge in [-0.2, -0.15) is 0 Å². The average Bonchev–Trinajstić information content (AvgIpc) is 3.15. The third-order valence-corrected chi connectivity index (χ3v) is 6.65. The second-order valence-electron chi connectivity index (χ2n) is 5.48. The highest BCUT2D eigenvalue weighted by Crippen LogP contribution is 2.62. The minimum Gasteiger partial charge on any atom is -0.381 e. The molecule has 1 saturated carbocycles. The fourth-order valence-corrected chi connectivity index (χ4v) is 5.32. The Morgan fingerprint density at radius 3 is 2.62 bits per heavy atom.